The molecule has 10 nitrogen and oxygen atoms in total. The number of anilines is 1. The van der Waals surface area contributed by atoms with E-state index in [1.54, 1.807) is 74.5 Å². The van der Waals surface area contributed by atoms with Gasteiger partial charge in [0.25, 0.3) is 5.91 Å². The number of aromatic nitrogens is 3. The third kappa shape index (κ3) is 7.62. The van der Waals surface area contributed by atoms with E-state index in [-0.39, 0.29) is 24.1 Å². The fourth-order valence-corrected chi connectivity index (χ4v) is 5.42. The van der Waals surface area contributed by atoms with Crippen molar-refractivity contribution in [2.45, 2.75) is 13.5 Å². The van der Waals surface area contributed by atoms with Gasteiger partial charge in [-0.25, -0.2) is 9.67 Å². The number of nitrogens with zero attached hydrogens (tertiary/aromatic N) is 5. The summed E-state index contributed by atoms with van der Waals surface area (Å²) in [6, 6.07) is 19.6. The normalized spacial score (nSPS) is 11.1. The molecule has 0 atom stereocenters. The maximum Gasteiger partial charge on any atom is 0.253 e. The van der Waals surface area contributed by atoms with E-state index in [0.717, 1.165) is 22.3 Å². The van der Waals surface area contributed by atoms with E-state index < -0.39 is 11.8 Å². The molecule has 1 N–H and O–H groups in total. The van der Waals surface area contributed by atoms with Crippen LogP contribution in [0.15, 0.2) is 85.2 Å². The van der Waals surface area contributed by atoms with E-state index in [2.05, 4.69) is 10.4 Å². The highest BCUT2D eigenvalue weighted by Gasteiger charge is 2.20. The number of hydrogen-bond acceptors (Lipinski definition) is 6. The van der Waals surface area contributed by atoms with E-state index in [1.807, 2.05) is 43.5 Å². The maximum absolute atomic E-state index is 13.0. The Balaban J connectivity index is 1.24. The number of likely N-dealkylation sites (N-methyl/N-ethyl adjacent to an activating group) is 1. The van der Waals surface area contributed by atoms with Crippen LogP contribution in [-0.2, 0) is 16.2 Å². The molecule has 5 aromatic rings. The molecule has 0 bridgehead atoms. The molecule has 5 rings (SSSR count). The standard InChI is InChI=1S/C35H32Cl2N6O4/c1-22-19-29(43-18-6-17-39-43)25-7-5-8-30(34(25)40-22)47-21-26-27(36)14-15-28(33(26)37)42(4)32(45)20-38-31(44)16-11-23-9-12-24(13-10-23)35(46)41(2)3/h5-19H,20-21H2,1-4H3,(H,38,44)/b16-11+. The van der Waals surface area contributed by atoms with Crippen molar-refractivity contribution in [2.24, 2.45) is 0 Å². The van der Waals surface area contributed by atoms with Crippen molar-refractivity contribution in [3.05, 3.63) is 118 Å². The molecule has 0 aliphatic carbocycles. The van der Waals surface area contributed by atoms with Crippen molar-refractivity contribution in [1.29, 1.82) is 0 Å². The smallest absolute Gasteiger partial charge is 0.253 e. The molecule has 0 aliphatic rings. The second-order valence-electron chi connectivity index (χ2n) is 10.9. The van der Waals surface area contributed by atoms with Crippen LogP contribution in [0.2, 0.25) is 10.0 Å². The Kier molecular flexibility index (Phi) is 10.2. The number of ether oxygens (including phenoxy) is 1. The van der Waals surface area contributed by atoms with Gasteiger partial charge in [-0.3, -0.25) is 14.4 Å². The summed E-state index contributed by atoms with van der Waals surface area (Å²) in [5.74, 6) is -0.422. The van der Waals surface area contributed by atoms with Gasteiger partial charge < -0.3 is 19.9 Å². The van der Waals surface area contributed by atoms with Gasteiger partial charge in [0.1, 0.15) is 17.9 Å². The Labute approximate surface area is 282 Å². The lowest BCUT2D eigenvalue weighted by molar-refractivity contribution is -0.122. The molecule has 3 amide bonds. The second kappa shape index (κ2) is 14.5. The van der Waals surface area contributed by atoms with E-state index in [9.17, 15) is 14.4 Å². The molecule has 0 radical (unpaired) electrons. The first-order valence-corrected chi connectivity index (χ1v) is 15.3. The number of aryl methyl sites for hydroxylation is 1. The van der Waals surface area contributed by atoms with Crippen LogP contribution in [0.1, 0.15) is 27.2 Å². The van der Waals surface area contributed by atoms with Crippen molar-refractivity contribution in [3.63, 3.8) is 0 Å². The van der Waals surface area contributed by atoms with Gasteiger partial charge in [-0.2, -0.15) is 5.10 Å². The van der Waals surface area contributed by atoms with Gasteiger partial charge in [-0.05, 0) is 61.0 Å². The van der Waals surface area contributed by atoms with Gasteiger partial charge in [0.2, 0.25) is 11.8 Å². The summed E-state index contributed by atoms with van der Waals surface area (Å²) in [4.78, 5) is 45.1. The van der Waals surface area contributed by atoms with Crippen LogP contribution in [-0.4, -0.2) is 65.1 Å². The number of para-hydroxylation sites is 1. The highest BCUT2D eigenvalue weighted by molar-refractivity contribution is 6.38. The third-order valence-electron chi connectivity index (χ3n) is 7.34. The molecule has 0 spiro atoms. The molecule has 0 saturated carbocycles. The fraction of sp³-hybridized carbons (Fsp3) is 0.171. The Hall–Kier alpha value is -5.19. The lowest BCUT2D eigenvalue weighted by Gasteiger charge is -2.21. The molecule has 0 saturated heterocycles. The summed E-state index contributed by atoms with van der Waals surface area (Å²) in [6.45, 7) is 1.66. The Bertz CT molecular complexity index is 1980. The van der Waals surface area contributed by atoms with Crippen LogP contribution in [0.25, 0.3) is 22.7 Å². The summed E-state index contributed by atoms with van der Waals surface area (Å²) in [5.41, 5.74) is 4.51. The zero-order valence-corrected chi connectivity index (χ0v) is 27.7. The number of carbonyl (C=O) groups excluding carboxylic acids is 3. The van der Waals surface area contributed by atoms with Crippen LogP contribution in [0.3, 0.4) is 0 Å². The largest absolute Gasteiger partial charge is 0.487 e. The number of pyridine rings is 1. The molecule has 3 aromatic carbocycles. The average molecular weight is 672 g/mol. The topological polar surface area (TPSA) is 110 Å². The van der Waals surface area contributed by atoms with Crippen molar-refractivity contribution in [2.75, 3.05) is 32.6 Å². The van der Waals surface area contributed by atoms with E-state index in [1.165, 1.54) is 15.9 Å². The summed E-state index contributed by atoms with van der Waals surface area (Å²) in [6.07, 6.45) is 6.50. The highest BCUT2D eigenvalue weighted by Crippen LogP contribution is 2.36. The Morgan fingerprint density at radius 2 is 1.77 bits per heavy atom. The summed E-state index contributed by atoms with van der Waals surface area (Å²) >= 11 is 13.3. The Morgan fingerprint density at radius 1 is 1.00 bits per heavy atom. The molecule has 240 valence electrons. The predicted molar refractivity (Wildman–Crippen MR) is 184 cm³/mol. The molecule has 0 unspecified atom stereocenters. The van der Waals surface area contributed by atoms with Gasteiger partial charge in [0.05, 0.1) is 22.9 Å². The lowest BCUT2D eigenvalue weighted by Crippen LogP contribution is -2.37. The summed E-state index contributed by atoms with van der Waals surface area (Å²) in [5, 5.41) is 8.44. The van der Waals surface area contributed by atoms with Crippen LogP contribution < -0.4 is 15.0 Å². The van der Waals surface area contributed by atoms with Crippen molar-refractivity contribution in [1.82, 2.24) is 25.0 Å². The van der Waals surface area contributed by atoms with Gasteiger partial charge >= 0.3 is 0 Å². The predicted octanol–water partition coefficient (Wildman–Crippen LogP) is 6.11. The first-order chi connectivity index (χ1) is 22.5. The van der Waals surface area contributed by atoms with Crippen molar-refractivity contribution < 1.29 is 19.1 Å². The minimum Gasteiger partial charge on any atom is -0.487 e. The van der Waals surface area contributed by atoms with Gasteiger partial charge in [0.15, 0.2) is 0 Å². The van der Waals surface area contributed by atoms with Crippen LogP contribution in [0, 0.1) is 6.92 Å². The number of halogens is 2. The number of amides is 3. The lowest BCUT2D eigenvalue weighted by atomic mass is 10.1. The number of carbonyl (C=O) groups is 3. The zero-order valence-electron chi connectivity index (χ0n) is 26.2. The monoisotopic (exact) mass is 670 g/mol. The number of rotatable bonds is 10. The van der Waals surface area contributed by atoms with Crippen molar-refractivity contribution >= 4 is 63.6 Å². The molecule has 0 fully saturated rings. The zero-order chi connectivity index (χ0) is 33.7. The molecule has 0 aliphatic heterocycles. The van der Waals surface area contributed by atoms with Crippen molar-refractivity contribution in [3.8, 4) is 11.4 Å². The Morgan fingerprint density at radius 3 is 2.47 bits per heavy atom. The van der Waals surface area contributed by atoms with Crippen LogP contribution >= 0.6 is 23.2 Å². The molecular weight excluding hydrogens is 639 g/mol. The van der Waals surface area contributed by atoms with E-state index >= 15 is 0 Å². The third-order valence-corrected chi connectivity index (χ3v) is 8.11. The molecule has 2 heterocycles. The summed E-state index contributed by atoms with van der Waals surface area (Å²) < 4.78 is 7.99. The van der Waals surface area contributed by atoms with Crippen LogP contribution in [0.4, 0.5) is 5.69 Å². The molecule has 2 aromatic heterocycles. The highest BCUT2D eigenvalue weighted by atomic mass is 35.5. The van der Waals surface area contributed by atoms with E-state index in [0.29, 0.717) is 33.1 Å². The first-order valence-electron chi connectivity index (χ1n) is 14.6. The van der Waals surface area contributed by atoms with Gasteiger partial charge in [-0.15, -0.1) is 0 Å². The maximum atomic E-state index is 13.0. The number of fused-ring (bicyclic) bond motifs is 1. The quantitative estimate of drug-likeness (QED) is 0.180. The second-order valence-corrected chi connectivity index (χ2v) is 11.6. The molecule has 12 heteroatoms. The molecule has 47 heavy (non-hydrogen) atoms. The number of nitrogens with one attached hydrogen (secondary N) is 1. The minimum atomic E-state index is -0.453. The fourth-order valence-electron chi connectivity index (χ4n) is 4.81. The minimum absolute atomic E-state index is 0.0190. The van der Waals surface area contributed by atoms with E-state index in [4.69, 9.17) is 32.9 Å². The number of benzene rings is 3. The number of hydrogen-bond donors (Lipinski definition) is 1. The van der Waals surface area contributed by atoms with Gasteiger partial charge in [-0.1, -0.05) is 47.5 Å². The average Bonchev–Trinajstić information content (AvgIpc) is 3.60. The van der Waals surface area contributed by atoms with Crippen LogP contribution in [0.5, 0.6) is 5.75 Å². The summed E-state index contributed by atoms with van der Waals surface area (Å²) in [7, 11) is 4.92. The molecular formula is C35H32Cl2N6O4. The SMILES string of the molecule is Cc1cc(-n2cccn2)c2cccc(OCc3c(Cl)ccc(N(C)C(=O)CNC(=O)/C=C/c4ccc(C(=O)N(C)C)cc4)c3Cl)c2n1. The first kappa shape index (κ1) is 33.2. The van der Waals surface area contributed by atoms with Gasteiger partial charge in [0, 0.05) is 66.8 Å².